The molecule has 7 nitrogen and oxygen atoms in total. The molecule has 0 aliphatic carbocycles. The third kappa shape index (κ3) is 33.6. The average Bonchev–Trinajstić information content (AvgIpc) is 2.99. The number of aliphatic hydroxyl groups is 2. The number of rotatable bonds is 34. The lowest BCUT2D eigenvalue weighted by Crippen LogP contribution is -2.39. The third-order valence-electron chi connectivity index (χ3n) is 7.90. The molecule has 0 saturated heterocycles. The van der Waals surface area contributed by atoms with Gasteiger partial charge < -0.3 is 30.7 Å². The first-order valence-electron chi connectivity index (χ1n) is 18.2. The average molecular weight is 600 g/mol. The van der Waals surface area contributed by atoms with Crippen LogP contribution < -0.4 is 11.1 Å². The van der Waals surface area contributed by atoms with Crippen molar-refractivity contribution in [2.45, 2.75) is 180 Å². The van der Waals surface area contributed by atoms with E-state index >= 15 is 0 Å². The largest absolute Gasteiger partial charge is 0.389 e. The summed E-state index contributed by atoms with van der Waals surface area (Å²) in [6.45, 7) is 6.91. The smallest absolute Gasteiger partial charge is 0.188 e. The molecule has 0 amide bonds. The Labute approximate surface area is 261 Å². The van der Waals surface area contributed by atoms with Gasteiger partial charge in [-0.1, -0.05) is 155 Å². The molecule has 0 radical (unpaired) electrons. The molecule has 0 rings (SSSR count). The van der Waals surface area contributed by atoms with Crippen LogP contribution in [-0.2, 0) is 9.47 Å². The van der Waals surface area contributed by atoms with Crippen molar-refractivity contribution >= 4 is 5.96 Å². The van der Waals surface area contributed by atoms with Crippen molar-refractivity contribution in [3.05, 3.63) is 0 Å². The van der Waals surface area contributed by atoms with Gasteiger partial charge in [0.05, 0.1) is 32.0 Å². The van der Waals surface area contributed by atoms with Crippen LogP contribution in [0.5, 0.6) is 0 Å². The lowest BCUT2D eigenvalue weighted by molar-refractivity contribution is 0.0372. The second-order valence-corrected chi connectivity index (χ2v) is 12.3. The van der Waals surface area contributed by atoms with Gasteiger partial charge in [0.25, 0.3) is 0 Å². The number of hydrogen-bond acceptors (Lipinski definition) is 5. The van der Waals surface area contributed by atoms with Crippen molar-refractivity contribution in [2.75, 3.05) is 39.5 Å². The quantitative estimate of drug-likeness (QED) is 0.0338. The fourth-order valence-corrected chi connectivity index (χ4v) is 5.12. The van der Waals surface area contributed by atoms with Crippen molar-refractivity contribution in [2.24, 2.45) is 10.7 Å². The summed E-state index contributed by atoms with van der Waals surface area (Å²) in [6, 6.07) is 0. The van der Waals surface area contributed by atoms with E-state index in [-0.39, 0.29) is 32.3 Å². The highest BCUT2D eigenvalue weighted by Crippen LogP contribution is 2.13. The molecule has 0 heterocycles. The van der Waals surface area contributed by atoms with Gasteiger partial charge in [0.1, 0.15) is 0 Å². The number of nitrogens with two attached hydrogens (primary N) is 1. The predicted octanol–water partition coefficient (Wildman–Crippen LogP) is 8.05. The molecule has 5 N–H and O–H groups in total. The van der Waals surface area contributed by atoms with E-state index in [1.807, 2.05) is 0 Å². The number of guanidine groups is 1. The second-order valence-electron chi connectivity index (χ2n) is 12.3. The highest BCUT2D eigenvalue weighted by atomic mass is 16.5. The lowest BCUT2D eigenvalue weighted by atomic mass is 10.1. The minimum Gasteiger partial charge on any atom is -0.389 e. The van der Waals surface area contributed by atoms with E-state index < -0.39 is 12.2 Å². The van der Waals surface area contributed by atoms with Crippen LogP contribution in [0.3, 0.4) is 0 Å². The van der Waals surface area contributed by atoms with Crippen LogP contribution >= 0.6 is 0 Å². The van der Waals surface area contributed by atoms with E-state index in [0.29, 0.717) is 13.2 Å². The zero-order valence-corrected chi connectivity index (χ0v) is 28.1. The fraction of sp³-hybridized carbons (Fsp3) is 0.971. The van der Waals surface area contributed by atoms with Crippen molar-refractivity contribution in [3.63, 3.8) is 0 Å². The highest BCUT2D eigenvalue weighted by Gasteiger charge is 2.07. The van der Waals surface area contributed by atoms with E-state index in [9.17, 15) is 10.2 Å². The van der Waals surface area contributed by atoms with Gasteiger partial charge >= 0.3 is 0 Å². The number of unbranched alkanes of at least 4 members (excludes halogenated alkanes) is 22. The van der Waals surface area contributed by atoms with Crippen LogP contribution in [0, 0.1) is 0 Å². The zero-order valence-electron chi connectivity index (χ0n) is 28.1. The van der Waals surface area contributed by atoms with E-state index in [2.05, 4.69) is 24.2 Å². The topological polar surface area (TPSA) is 109 Å². The number of aliphatic hydroxyl groups excluding tert-OH is 2. The van der Waals surface area contributed by atoms with Crippen LogP contribution in [-0.4, -0.2) is 67.9 Å². The molecule has 0 spiro atoms. The number of aliphatic imine (C=N–C) groups is 1. The van der Waals surface area contributed by atoms with Gasteiger partial charge in [-0.15, -0.1) is 0 Å². The van der Waals surface area contributed by atoms with Gasteiger partial charge in [-0.2, -0.15) is 0 Å². The summed E-state index contributed by atoms with van der Waals surface area (Å²) in [5, 5.41) is 23.1. The molecule has 2 atom stereocenters. The molecule has 0 aliphatic heterocycles. The minimum absolute atomic E-state index is 0.183. The van der Waals surface area contributed by atoms with Gasteiger partial charge in [-0.05, 0) is 12.8 Å². The predicted molar refractivity (Wildman–Crippen MR) is 180 cm³/mol. The Hall–Kier alpha value is -0.890. The van der Waals surface area contributed by atoms with Gasteiger partial charge in [0, 0.05) is 19.8 Å². The Morgan fingerprint density at radius 3 is 1.26 bits per heavy atom. The summed E-state index contributed by atoms with van der Waals surface area (Å²) in [4.78, 5) is 4.16. The van der Waals surface area contributed by atoms with Crippen molar-refractivity contribution < 1.29 is 19.7 Å². The van der Waals surface area contributed by atoms with Gasteiger partial charge in [-0.3, -0.25) is 4.99 Å². The monoisotopic (exact) mass is 600 g/mol. The van der Waals surface area contributed by atoms with E-state index in [1.165, 1.54) is 141 Å². The number of hydrogen-bond donors (Lipinski definition) is 4. The zero-order chi connectivity index (χ0) is 30.8. The Morgan fingerprint density at radius 2 is 0.881 bits per heavy atom. The van der Waals surface area contributed by atoms with Crippen molar-refractivity contribution in [1.82, 2.24) is 5.32 Å². The first-order chi connectivity index (χ1) is 20.6. The van der Waals surface area contributed by atoms with Gasteiger partial charge in [-0.25, -0.2) is 0 Å². The summed E-state index contributed by atoms with van der Waals surface area (Å²) >= 11 is 0. The van der Waals surface area contributed by atoms with Gasteiger partial charge in [0.2, 0.25) is 0 Å². The van der Waals surface area contributed by atoms with Crippen molar-refractivity contribution in [1.29, 1.82) is 0 Å². The molecule has 0 bridgehead atoms. The normalized spacial score (nSPS) is 13.5. The molecule has 0 aromatic carbocycles. The minimum atomic E-state index is -0.675. The highest BCUT2D eigenvalue weighted by molar-refractivity contribution is 5.77. The van der Waals surface area contributed by atoms with E-state index in [4.69, 9.17) is 15.2 Å². The summed E-state index contributed by atoms with van der Waals surface area (Å²) in [5.41, 5.74) is 5.87. The number of nitrogens with zero attached hydrogens (tertiary/aromatic N) is 1. The number of ether oxygens (including phenoxy) is 2. The molecule has 0 saturated carbocycles. The molecule has 0 fully saturated rings. The van der Waals surface area contributed by atoms with Crippen LogP contribution in [0.15, 0.2) is 4.99 Å². The maximum absolute atomic E-state index is 10.1. The van der Waals surface area contributed by atoms with Gasteiger partial charge in [0.15, 0.2) is 5.96 Å². The van der Waals surface area contributed by atoms with Crippen LogP contribution in [0.25, 0.3) is 0 Å². The molecular weight excluding hydrogens is 526 g/mol. The molecule has 252 valence electrons. The lowest BCUT2D eigenvalue weighted by Gasteiger charge is -2.13. The molecule has 42 heavy (non-hydrogen) atoms. The molecule has 0 aliphatic rings. The Kier molecular flexibility index (Phi) is 33.9. The molecule has 0 aromatic heterocycles. The molecule has 7 heteroatoms. The summed E-state index contributed by atoms with van der Waals surface area (Å²) < 4.78 is 11.2. The standard InChI is InChI=1S/C35H73N3O4/c1-3-5-7-9-11-13-15-17-19-21-23-25-27-41-31-33(39)29-37-35(36)38-30-34(40)32-42-28-26-24-22-20-18-16-14-12-10-8-6-4-2/h33-34,39-40H,3-32H2,1-2H3,(H3,36,37,38). The van der Waals surface area contributed by atoms with E-state index in [1.54, 1.807) is 0 Å². The fourth-order valence-electron chi connectivity index (χ4n) is 5.12. The molecular formula is C35H73N3O4. The summed E-state index contributed by atoms with van der Waals surface area (Å²) in [6.07, 6.45) is 30.4. The SMILES string of the molecule is CCCCCCCCCCCCCCOCC(O)CN=C(N)NCC(O)COCCCCCCCCCCCCCC. The number of nitrogens with one attached hydrogen (secondary N) is 1. The third-order valence-corrected chi connectivity index (χ3v) is 7.90. The molecule has 0 aromatic rings. The summed E-state index contributed by atoms with van der Waals surface area (Å²) in [5.74, 6) is 0.218. The van der Waals surface area contributed by atoms with Crippen LogP contribution in [0.4, 0.5) is 0 Å². The Balaban J connectivity index is 3.45. The second kappa shape index (κ2) is 34.6. The first-order valence-corrected chi connectivity index (χ1v) is 18.2. The Morgan fingerprint density at radius 1 is 0.548 bits per heavy atom. The maximum Gasteiger partial charge on any atom is 0.188 e. The molecule has 2 unspecified atom stereocenters. The van der Waals surface area contributed by atoms with Crippen molar-refractivity contribution in [3.8, 4) is 0 Å². The summed E-state index contributed by atoms with van der Waals surface area (Å²) in [7, 11) is 0. The maximum atomic E-state index is 10.1. The van der Waals surface area contributed by atoms with E-state index in [0.717, 1.165) is 12.8 Å². The first kappa shape index (κ1) is 41.1. The van der Waals surface area contributed by atoms with Crippen LogP contribution in [0.2, 0.25) is 0 Å². The Bertz CT molecular complexity index is 550. The van der Waals surface area contributed by atoms with Crippen LogP contribution in [0.1, 0.15) is 168 Å².